The number of halogens is 2. The molecule has 1 aliphatic carbocycles. The molecule has 4 aliphatic rings. The average molecular weight is 405 g/mol. The lowest BCUT2D eigenvalue weighted by atomic mass is 9.71. The molecule has 1 fully saturated rings. The third kappa shape index (κ3) is 2.68. The molecule has 1 N–H and O–H groups in total. The van der Waals surface area contributed by atoms with Gasteiger partial charge in [0.05, 0.1) is 23.5 Å². The highest BCUT2D eigenvalue weighted by Gasteiger charge is 2.53. The monoisotopic (exact) mass is 404 g/mol. The van der Waals surface area contributed by atoms with E-state index < -0.39 is 28.9 Å². The maximum atomic E-state index is 14.7. The van der Waals surface area contributed by atoms with Gasteiger partial charge in [0.2, 0.25) is 5.91 Å². The van der Waals surface area contributed by atoms with Gasteiger partial charge < -0.3 is 10.0 Å². The predicted octanol–water partition coefficient (Wildman–Crippen LogP) is 2.56. The zero-order chi connectivity index (χ0) is 20.4. The molecule has 6 nitrogen and oxygen atoms in total. The lowest BCUT2D eigenvalue weighted by Gasteiger charge is -2.43. The Morgan fingerprint density at radius 1 is 1.36 bits per heavy atom. The highest BCUT2D eigenvalue weighted by Crippen LogP contribution is 2.49. The predicted molar refractivity (Wildman–Crippen MR) is 101 cm³/mol. The SMILES string of the molecule is CC1(C)CC(=O)N2CC(C(=O)O)C3=C(CN=CC(Cl)=C4C(F)=CC(=O)C=C43)C21. The number of aliphatic carboxylic acids is 1. The van der Waals surface area contributed by atoms with Crippen LogP contribution in [0, 0.1) is 11.3 Å². The van der Waals surface area contributed by atoms with Crippen molar-refractivity contribution in [3.63, 3.8) is 0 Å². The van der Waals surface area contributed by atoms with Crippen LogP contribution >= 0.6 is 11.6 Å². The highest BCUT2D eigenvalue weighted by molar-refractivity contribution is 6.40. The molecule has 1 amide bonds. The largest absolute Gasteiger partial charge is 0.481 e. The molecule has 1 saturated heterocycles. The summed E-state index contributed by atoms with van der Waals surface area (Å²) in [4.78, 5) is 42.6. The number of rotatable bonds is 1. The third-order valence-electron chi connectivity index (χ3n) is 5.74. The van der Waals surface area contributed by atoms with Crippen molar-refractivity contribution in [3.05, 3.63) is 45.3 Å². The molecule has 0 aromatic heterocycles. The fraction of sp³-hybridized carbons (Fsp3) is 0.400. The summed E-state index contributed by atoms with van der Waals surface area (Å²) in [5.41, 5.74) is 0.675. The molecule has 0 saturated carbocycles. The third-order valence-corrected chi connectivity index (χ3v) is 6.03. The van der Waals surface area contributed by atoms with E-state index in [0.29, 0.717) is 11.1 Å². The van der Waals surface area contributed by atoms with Gasteiger partial charge in [0.1, 0.15) is 5.83 Å². The number of hydrogen-bond acceptors (Lipinski definition) is 4. The molecule has 28 heavy (non-hydrogen) atoms. The van der Waals surface area contributed by atoms with Gasteiger partial charge in [0.15, 0.2) is 5.78 Å². The number of nitrogens with zero attached hydrogens (tertiary/aromatic N) is 2. The van der Waals surface area contributed by atoms with Crippen molar-refractivity contribution >= 4 is 35.5 Å². The Morgan fingerprint density at radius 2 is 2.07 bits per heavy atom. The second kappa shape index (κ2) is 6.24. The lowest BCUT2D eigenvalue weighted by molar-refractivity contribution is -0.142. The van der Waals surface area contributed by atoms with Gasteiger partial charge in [-0.2, -0.15) is 0 Å². The first kappa shape index (κ1) is 18.8. The van der Waals surface area contributed by atoms with E-state index in [2.05, 4.69) is 4.99 Å². The maximum Gasteiger partial charge on any atom is 0.312 e. The number of carbonyl (C=O) groups excluding carboxylic acids is 2. The van der Waals surface area contributed by atoms with Crippen LogP contribution in [-0.2, 0) is 14.4 Å². The van der Waals surface area contributed by atoms with E-state index in [1.807, 2.05) is 13.8 Å². The molecule has 2 atom stereocenters. The fourth-order valence-corrected chi connectivity index (χ4v) is 5.00. The van der Waals surface area contributed by atoms with Crippen molar-refractivity contribution in [2.24, 2.45) is 16.3 Å². The topological polar surface area (TPSA) is 87.0 Å². The summed E-state index contributed by atoms with van der Waals surface area (Å²) in [6, 6.07) is -0.370. The van der Waals surface area contributed by atoms with Crippen LogP contribution in [0.3, 0.4) is 0 Å². The summed E-state index contributed by atoms with van der Waals surface area (Å²) in [6.07, 6.45) is 3.64. The number of amides is 1. The molecular weight excluding hydrogens is 387 g/mol. The Kier molecular flexibility index (Phi) is 4.19. The molecule has 3 aliphatic heterocycles. The first-order valence-corrected chi connectivity index (χ1v) is 9.28. The number of ketones is 1. The number of fused-ring (bicyclic) bond motifs is 4. The standard InChI is InChI=1S/C20H18ClFN2O4/c1-20(2)5-15(26)24-8-12(19(27)28)16-10-3-9(25)4-14(22)17(10)13(21)7-23-6-11(16)18(20)24/h3-4,7,12,18H,5-6,8H2,1-2H3,(H,27,28). The number of aliphatic imine (C=N–C) groups is 1. The van der Waals surface area contributed by atoms with Crippen LogP contribution in [0.25, 0.3) is 0 Å². The van der Waals surface area contributed by atoms with Crippen LogP contribution in [0.2, 0.25) is 0 Å². The molecule has 146 valence electrons. The van der Waals surface area contributed by atoms with Crippen molar-refractivity contribution in [2.75, 3.05) is 13.1 Å². The minimum atomic E-state index is -1.15. The van der Waals surface area contributed by atoms with E-state index in [0.717, 1.165) is 6.08 Å². The average Bonchev–Trinajstić information content (AvgIpc) is 2.80. The zero-order valence-corrected chi connectivity index (χ0v) is 16.1. The van der Waals surface area contributed by atoms with Crippen molar-refractivity contribution in [2.45, 2.75) is 26.3 Å². The quantitative estimate of drug-likeness (QED) is 0.727. The Hall–Kier alpha value is -2.54. The first-order chi connectivity index (χ1) is 13.1. The summed E-state index contributed by atoms with van der Waals surface area (Å²) >= 11 is 6.22. The van der Waals surface area contributed by atoms with Gasteiger partial charge in [0, 0.05) is 30.8 Å². The molecule has 0 bridgehead atoms. The van der Waals surface area contributed by atoms with Gasteiger partial charge >= 0.3 is 5.97 Å². The number of carboxylic acid groups (broad SMARTS) is 1. The van der Waals surface area contributed by atoms with E-state index in [1.54, 1.807) is 4.90 Å². The molecule has 0 aromatic carbocycles. The van der Waals surface area contributed by atoms with Gasteiger partial charge in [-0.15, -0.1) is 0 Å². The molecule has 0 radical (unpaired) electrons. The molecule has 8 heteroatoms. The minimum absolute atomic E-state index is 0.00683. The van der Waals surface area contributed by atoms with Crippen LogP contribution in [0.1, 0.15) is 20.3 Å². The van der Waals surface area contributed by atoms with E-state index in [-0.39, 0.29) is 47.6 Å². The Labute approximate surface area is 165 Å². The van der Waals surface area contributed by atoms with Crippen LogP contribution in [0.15, 0.2) is 50.3 Å². The Balaban J connectivity index is 2.03. The number of allylic oxidation sites excluding steroid dienone is 6. The smallest absolute Gasteiger partial charge is 0.312 e. The second-order valence-electron chi connectivity index (χ2n) is 8.09. The van der Waals surface area contributed by atoms with Gasteiger partial charge in [0.25, 0.3) is 0 Å². The molecule has 3 heterocycles. The van der Waals surface area contributed by atoms with Gasteiger partial charge in [-0.25, -0.2) is 4.39 Å². The van der Waals surface area contributed by atoms with Crippen LogP contribution in [-0.4, -0.2) is 53.0 Å². The van der Waals surface area contributed by atoms with E-state index in [4.69, 9.17) is 11.6 Å². The highest BCUT2D eigenvalue weighted by atomic mass is 35.5. The fourth-order valence-electron chi connectivity index (χ4n) is 4.74. The van der Waals surface area contributed by atoms with Crippen LogP contribution in [0.4, 0.5) is 4.39 Å². The number of carboxylic acids is 1. The van der Waals surface area contributed by atoms with Gasteiger partial charge in [-0.1, -0.05) is 25.4 Å². The summed E-state index contributed by atoms with van der Waals surface area (Å²) in [6.45, 7) is 3.96. The van der Waals surface area contributed by atoms with Crippen molar-refractivity contribution < 1.29 is 23.9 Å². The minimum Gasteiger partial charge on any atom is -0.481 e. The summed E-state index contributed by atoms with van der Waals surface area (Å²) in [5.74, 6) is -3.75. The van der Waals surface area contributed by atoms with Crippen molar-refractivity contribution in [1.29, 1.82) is 0 Å². The first-order valence-electron chi connectivity index (χ1n) is 8.90. The molecule has 4 rings (SSSR count). The summed E-state index contributed by atoms with van der Waals surface area (Å²) in [7, 11) is 0. The summed E-state index contributed by atoms with van der Waals surface area (Å²) < 4.78 is 14.7. The molecule has 0 aromatic rings. The van der Waals surface area contributed by atoms with Gasteiger partial charge in [-0.3, -0.25) is 19.4 Å². The normalized spacial score (nSPS) is 28.9. The summed E-state index contributed by atoms with van der Waals surface area (Å²) in [5, 5.41) is 9.89. The molecular formula is C20H18ClFN2O4. The molecule has 2 unspecified atom stereocenters. The van der Waals surface area contributed by atoms with Crippen molar-refractivity contribution in [1.82, 2.24) is 4.90 Å². The lowest BCUT2D eigenvalue weighted by Crippen LogP contribution is -2.50. The number of hydrogen-bond donors (Lipinski definition) is 1. The van der Waals surface area contributed by atoms with E-state index in [9.17, 15) is 23.9 Å². The van der Waals surface area contributed by atoms with E-state index >= 15 is 0 Å². The Bertz CT molecular complexity index is 986. The van der Waals surface area contributed by atoms with Crippen molar-refractivity contribution in [3.8, 4) is 0 Å². The zero-order valence-electron chi connectivity index (χ0n) is 15.3. The van der Waals surface area contributed by atoms with E-state index in [1.165, 1.54) is 12.3 Å². The Morgan fingerprint density at radius 3 is 2.75 bits per heavy atom. The number of carbonyl (C=O) groups is 3. The van der Waals surface area contributed by atoms with Crippen LogP contribution in [0.5, 0.6) is 0 Å². The maximum absolute atomic E-state index is 14.7. The second-order valence-corrected chi connectivity index (χ2v) is 8.50. The molecule has 0 spiro atoms. The van der Waals surface area contributed by atoms with Gasteiger partial charge in [-0.05, 0) is 28.2 Å². The van der Waals surface area contributed by atoms with Crippen LogP contribution < -0.4 is 0 Å².